The molecule has 6 atom stereocenters. The van der Waals surface area contributed by atoms with Crippen molar-refractivity contribution >= 4 is 29.7 Å². The Hall–Kier alpha value is -3.56. The van der Waals surface area contributed by atoms with Gasteiger partial charge in [-0.05, 0) is 6.92 Å². The third-order valence-corrected chi connectivity index (χ3v) is 4.95. The number of carbonyl (C=O) groups excluding carboxylic acids is 4. The number of aliphatic hydroxyl groups is 1. The minimum Gasteiger partial charge on any atom is -0.463 e. The first-order chi connectivity index (χ1) is 16.0. The molecule has 2 aliphatic heterocycles. The van der Waals surface area contributed by atoms with Crippen LogP contribution in [0.1, 0.15) is 27.0 Å². The number of rotatable bonds is 8. The highest BCUT2D eigenvalue weighted by Crippen LogP contribution is 2.35. The van der Waals surface area contributed by atoms with Crippen LogP contribution in [-0.4, -0.2) is 75.6 Å². The maximum Gasteiger partial charge on any atom is 0.418 e. The molecule has 4 N–H and O–H groups in total. The van der Waals surface area contributed by atoms with Crippen LogP contribution in [0.4, 0.5) is 5.82 Å². The number of carbonyl (C=O) groups is 4. The van der Waals surface area contributed by atoms with E-state index in [9.17, 15) is 29.1 Å². The van der Waals surface area contributed by atoms with Crippen molar-refractivity contribution in [1.29, 1.82) is 0 Å². The second-order valence-corrected chi connectivity index (χ2v) is 7.88. The van der Waals surface area contributed by atoms with Gasteiger partial charge in [-0.3, -0.25) is 9.36 Å². The van der Waals surface area contributed by atoms with Gasteiger partial charge < -0.3 is 34.6 Å². The number of nitrogens with zero attached hydrogens (tertiary/aromatic N) is 2. The monoisotopic (exact) mass is 484 g/mol. The average Bonchev–Trinajstić information content (AvgIpc) is 3.12. The number of fused-ring (bicyclic) bond motifs is 1. The Morgan fingerprint density at radius 1 is 1.18 bits per heavy atom. The number of nitrogens with two attached hydrogens (primary N) is 1. The molecule has 3 rings (SSSR count). The van der Waals surface area contributed by atoms with Crippen molar-refractivity contribution in [3.63, 3.8) is 0 Å². The molecule has 2 fully saturated rings. The van der Waals surface area contributed by atoms with Gasteiger partial charge >= 0.3 is 29.6 Å². The number of hydrogen-bond acceptors (Lipinski definition) is 14. The van der Waals surface area contributed by atoms with Crippen molar-refractivity contribution in [2.45, 2.75) is 57.5 Å². The van der Waals surface area contributed by atoms with Crippen LogP contribution >= 0.6 is 0 Å². The van der Waals surface area contributed by atoms with Crippen molar-refractivity contribution in [3.8, 4) is 0 Å². The highest BCUT2D eigenvalue weighted by molar-refractivity contribution is 6.30. The summed E-state index contributed by atoms with van der Waals surface area (Å²) in [6.07, 6.45) is -4.60. The van der Waals surface area contributed by atoms with Crippen LogP contribution in [0.3, 0.4) is 0 Å². The topological polar surface area (TPSA) is 208 Å². The molecule has 3 heterocycles. The Morgan fingerprint density at radius 3 is 2.41 bits per heavy atom. The molecule has 34 heavy (non-hydrogen) atoms. The number of ether oxygens (including phenoxy) is 4. The summed E-state index contributed by atoms with van der Waals surface area (Å²) >= 11 is 0. The number of hydrogen-bond donors (Lipinski definition) is 3. The number of esters is 3. The molecule has 186 valence electrons. The van der Waals surface area contributed by atoms with E-state index in [0.29, 0.717) is 0 Å². The summed E-state index contributed by atoms with van der Waals surface area (Å²) in [6.45, 7) is 4.23. The van der Waals surface area contributed by atoms with E-state index in [4.69, 9.17) is 24.7 Å². The quantitative estimate of drug-likeness (QED) is 0.154. The summed E-state index contributed by atoms with van der Waals surface area (Å²) in [5, 5.41) is 9.31. The Morgan fingerprint density at radius 2 is 1.82 bits per heavy atom. The lowest BCUT2D eigenvalue weighted by atomic mass is 10.1. The van der Waals surface area contributed by atoms with Gasteiger partial charge in [0.1, 0.15) is 18.8 Å². The van der Waals surface area contributed by atoms with Crippen molar-refractivity contribution in [2.75, 3.05) is 12.1 Å². The molecule has 0 aliphatic carbocycles. The zero-order valence-electron chi connectivity index (χ0n) is 18.4. The molecule has 1 aromatic rings. The minimum atomic E-state index is -1.32. The van der Waals surface area contributed by atoms with Crippen LogP contribution in [-0.2, 0) is 43.0 Å². The molecule has 1 aromatic heterocycles. The normalized spacial score (nSPS) is 25.6. The molecule has 0 bridgehead atoms. The first-order valence-electron chi connectivity index (χ1n) is 10.2. The molecule has 2 saturated heterocycles. The largest absolute Gasteiger partial charge is 0.463 e. The summed E-state index contributed by atoms with van der Waals surface area (Å²) in [6, 6.07) is -0.0777. The van der Waals surface area contributed by atoms with Crippen LogP contribution in [0.2, 0.25) is 0 Å². The predicted octanol–water partition coefficient (Wildman–Crippen LogP) is -2.24. The third-order valence-electron chi connectivity index (χ3n) is 4.95. The first kappa shape index (κ1) is 25.1. The van der Waals surface area contributed by atoms with Gasteiger partial charge in [0.15, 0.2) is 24.3 Å². The summed E-state index contributed by atoms with van der Waals surface area (Å²) in [7, 11) is 0. The zero-order valence-corrected chi connectivity index (χ0v) is 18.4. The molecular formula is C19H24N4O11. The summed E-state index contributed by atoms with van der Waals surface area (Å²) in [4.78, 5) is 67.9. The Bertz CT molecular complexity index is 1020. The lowest BCUT2D eigenvalue weighted by Gasteiger charge is -2.28. The standard InChI is InChI=1S/C19H24N4O11/c1-7(2)15(25)30-6-9-12-13(33-18(28)17(27)32-12)14(31-9)23-5-4-10(21-19(23)29)22-34-16(26)11(20)8(3)24/h4-5,7-9,11-14,24H,6,20H2,1-3H3,(H,21,22,29)/t8-,9-,11+,12-,13-,14-/m1/s1. The summed E-state index contributed by atoms with van der Waals surface area (Å²) in [5.74, 6) is -4.62. The van der Waals surface area contributed by atoms with Crippen LogP contribution < -0.4 is 16.9 Å². The average molecular weight is 484 g/mol. The molecular weight excluding hydrogens is 460 g/mol. The fourth-order valence-electron chi connectivity index (χ4n) is 3.04. The molecule has 0 spiro atoms. The third kappa shape index (κ3) is 5.32. The number of aliphatic hydroxyl groups excluding tert-OH is 1. The van der Waals surface area contributed by atoms with Crippen LogP contribution in [0.25, 0.3) is 0 Å². The molecule has 0 saturated carbocycles. The van der Waals surface area contributed by atoms with E-state index in [-0.39, 0.29) is 12.4 Å². The van der Waals surface area contributed by atoms with Gasteiger partial charge in [-0.1, -0.05) is 13.8 Å². The molecule has 0 unspecified atom stereocenters. The highest BCUT2D eigenvalue weighted by atomic mass is 16.7. The van der Waals surface area contributed by atoms with E-state index in [2.05, 4.69) is 15.3 Å². The maximum absolute atomic E-state index is 12.6. The molecule has 2 aliphatic rings. The second kappa shape index (κ2) is 10.1. The molecule has 0 amide bonds. The van der Waals surface area contributed by atoms with Gasteiger partial charge in [0.2, 0.25) is 0 Å². The Balaban J connectivity index is 1.76. The van der Waals surface area contributed by atoms with E-state index in [0.717, 1.165) is 4.57 Å². The second-order valence-electron chi connectivity index (χ2n) is 7.88. The van der Waals surface area contributed by atoms with Crippen LogP contribution in [0, 0.1) is 5.92 Å². The fourth-order valence-corrected chi connectivity index (χ4v) is 3.04. The number of anilines is 1. The highest BCUT2D eigenvalue weighted by Gasteiger charge is 2.55. The van der Waals surface area contributed by atoms with Gasteiger partial charge in [0.05, 0.1) is 12.0 Å². The van der Waals surface area contributed by atoms with Gasteiger partial charge in [-0.25, -0.2) is 24.7 Å². The van der Waals surface area contributed by atoms with E-state index < -0.39 is 72.2 Å². The zero-order chi connectivity index (χ0) is 25.2. The van der Waals surface area contributed by atoms with Crippen molar-refractivity contribution < 1.29 is 48.1 Å². The molecule has 15 nitrogen and oxygen atoms in total. The lowest BCUT2D eigenvalue weighted by Crippen LogP contribution is -2.49. The van der Waals surface area contributed by atoms with Gasteiger partial charge in [-0.15, -0.1) is 0 Å². The SMILES string of the molecule is CC(C)C(=O)OC[C@H]1O[C@@H](n2ccc(NOC(=O)[C@@H](N)[C@@H](C)O)nc2=O)[C@@H]2OC(=O)C(=O)O[C@@H]21. The molecule has 15 heteroatoms. The Kier molecular flexibility index (Phi) is 7.48. The fraction of sp³-hybridized carbons (Fsp3) is 0.579. The predicted molar refractivity (Wildman–Crippen MR) is 107 cm³/mol. The van der Waals surface area contributed by atoms with Crippen molar-refractivity contribution in [2.24, 2.45) is 11.7 Å². The first-order valence-corrected chi connectivity index (χ1v) is 10.2. The van der Waals surface area contributed by atoms with Crippen LogP contribution in [0.5, 0.6) is 0 Å². The minimum absolute atomic E-state index is 0.170. The van der Waals surface area contributed by atoms with E-state index in [1.54, 1.807) is 13.8 Å². The number of aromatic nitrogens is 2. The number of nitrogens with one attached hydrogen (secondary N) is 1. The van der Waals surface area contributed by atoms with E-state index in [1.165, 1.54) is 19.2 Å². The molecule has 0 aromatic carbocycles. The summed E-state index contributed by atoms with van der Waals surface area (Å²) < 4.78 is 22.0. The van der Waals surface area contributed by atoms with E-state index in [1.807, 2.05) is 0 Å². The van der Waals surface area contributed by atoms with Crippen LogP contribution in [0.15, 0.2) is 17.1 Å². The van der Waals surface area contributed by atoms with Gasteiger partial charge in [0.25, 0.3) is 0 Å². The van der Waals surface area contributed by atoms with Crippen molar-refractivity contribution in [1.82, 2.24) is 9.55 Å². The van der Waals surface area contributed by atoms with E-state index >= 15 is 0 Å². The summed E-state index contributed by atoms with van der Waals surface area (Å²) in [5.41, 5.74) is 6.68. The smallest absolute Gasteiger partial charge is 0.418 e. The lowest BCUT2D eigenvalue weighted by molar-refractivity contribution is -0.195. The Labute approximate surface area is 192 Å². The maximum atomic E-state index is 12.6. The van der Waals surface area contributed by atoms with Gasteiger partial charge in [0, 0.05) is 12.3 Å². The van der Waals surface area contributed by atoms with Crippen molar-refractivity contribution in [3.05, 3.63) is 22.7 Å². The van der Waals surface area contributed by atoms with Gasteiger partial charge in [-0.2, -0.15) is 4.98 Å². The molecule has 0 radical (unpaired) electrons.